The lowest BCUT2D eigenvalue weighted by molar-refractivity contribution is 0.0692. The number of aromatic amines is 1. The summed E-state index contributed by atoms with van der Waals surface area (Å²) in [7, 11) is -3.70. The third-order valence-corrected chi connectivity index (χ3v) is 6.50. The Labute approximate surface area is 158 Å². The number of carbonyl (C=O) groups excluding carboxylic acids is 1. The molecule has 0 atom stereocenters. The van der Waals surface area contributed by atoms with Crippen molar-refractivity contribution >= 4 is 15.9 Å². The van der Waals surface area contributed by atoms with Gasteiger partial charge in [-0.3, -0.25) is 9.89 Å². The molecule has 1 aromatic heterocycles. The third kappa shape index (κ3) is 4.03. The molecule has 3 rings (SSSR count). The van der Waals surface area contributed by atoms with E-state index < -0.39 is 15.8 Å². The highest BCUT2D eigenvalue weighted by atomic mass is 32.2. The molecule has 1 N–H and O–H groups in total. The molecule has 146 valence electrons. The number of benzene rings is 1. The Kier molecular flexibility index (Phi) is 5.09. The molecule has 1 aliphatic rings. The summed E-state index contributed by atoms with van der Waals surface area (Å²) in [6.07, 6.45) is 0. The van der Waals surface area contributed by atoms with Gasteiger partial charge in [-0.15, -0.1) is 0 Å². The number of amides is 1. The molecule has 0 saturated carbocycles. The quantitative estimate of drug-likeness (QED) is 0.863. The zero-order chi connectivity index (χ0) is 19.8. The van der Waals surface area contributed by atoms with Gasteiger partial charge in [0.25, 0.3) is 5.91 Å². The number of carbonyl (C=O) groups is 1. The van der Waals surface area contributed by atoms with E-state index in [9.17, 15) is 17.6 Å². The fourth-order valence-electron chi connectivity index (χ4n) is 2.86. The van der Waals surface area contributed by atoms with Gasteiger partial charge in [-0.25, -0.2) is 12.8 Å². The Bertz CT molecular complexity index is 924. The average molecular weight is 394 g/mol. The molecule has 1 fully saturated rings. The minimum atomic E-state index is -3.70. The maximum absolute atomic E-state index is 13.0. The van der Waals surface area contributed by atoms with E-state index in [4.69, 9.17) is 0 Å². The maximum Gasteiger partial charge on any atom is 0.274 e. The summed E-state index contributed by atoms with van der Waals surface area (Å²) in [6, 6.07) is 6.48. The molecule has 2 aromatic rings. The van der Waals surface area contributed by atoms with Crippen molar-refractivity contribution in [1.29, 1.82) is 0 Å². The predicted molar refractivity (Wildman–Crippen MR) is 98.4 cm³/mol. The summed E-state index contributed by atoms with van der Waals surface area (Å²) < 4.78 is 39.6. The monoisotopic (exact) mass is 394 g/mol. The summed E-state index contributed by atoms with van der Waals surface area (Å²) in [5, 5.41) is 6.99. The fraction of sp³-hybridized carbons (Fsp3) is 0.444. The smallest absolute Gasteiger partial charge is 0.274 e. The second kappa shape index (κ2) is 7.05. The number of H-pyrrole nitrogens is 1. The van der Waals surface area contributed by atoms with Crippen molar-refractivity contribution in [2.75, 3.05) is 26.2 Å². The van der Waals surface area contributed by atoms with E-state index in [1.807, 2.05) is 20.8 Å². The lowest BCUT2D eigenvalue weighted by Crippen LogP contribution is -2.50. The van der Waals surface area contributed by atoms with Crippen molar-refractivity contribution in [3.05, 3.63) is 47.5 Å². The number of nitrogens with one attached hydrogen (secondary N) is 1. The van der Waals surface area contributed by atoms with Gasteiger partial charge in [0, 0.05) is 37.3 Å². The molecular weight excluding hydrogens is 371 g/mol. The van der Waals surface area contributed by atoms with Crippen LogP contribution in [-0.4, -0.2) is 59.9 Å². The van der Waals surface area contributed by atoms with Crippen LogP contribution in [0.25, 0.3) is 0 Å². The van der Waals surface area contributed by atoms with Gasteiger partial charge in [0.2, 0.25) is 10.0 Å². The molecule has 0 unspecified atom stereocenters. The van der Waals surface area contributed by atoms with E-state index >= 15 is 0 Å². The van der Waals surface area contributed by atoms with E-state index in [-0.39, 0.29) is 42.4 Å². The second-order valence-electron chi connectivity index (χ2n) is 7.57. The zero-order valence-corrected chi connectivity index (χ0v) is 16.4. The van der Waals surface area contributed by atoms with Crippen molar-refractivity contribution in [3.8, 4) is 0 Å². The minimum absolute atomic E-state index is 0.0470. The summed E-state index contributed by atoms with van der Waals surface area (Å²) >= 11 is 0. The minimum Gasteiger partial charge on any atom is -0.335 e. The van der Waals surface area contributed by atoms with Crippen LogP contribution in [0.4, 0.5) is 4.39 Å². The molecule has 27 heavy (non-hydrogen) atoms. The molecule has 0 aliphatic carbocycles. The largest absolute Gasteiger partial charge is 0.335 e. The Morgan fingerprint density at radius 2 is 1.70 bits per heavy atom. The number of nitrogens with zero attached hydrogens (tertiary/aromatic N) is 3. The Morgan fingerprint density at radius 1 is 1.11 bits per heavy atom. The molecule has 9 heteroatoms. The first-order valence-corrected chi connectivity index (χ1v) is 10.1. The molecule has 2 heterocycles. The molecule has 1 amide bonds. The molecule has 7 nitrogen and oxygen atoms in total. The summed E-state index contributed by atoms with van der Waals surface area (Å²) in [6.45, 7) is 6.98. The standard InChI is InChI=1S/C18H23FN4O3S/c1-18(2,3)16-12-15(20-21-16)17(24)22-8-10-23(11-9-22)27(25,26)14-6-4-13(19)5-7-14/h4-7,12H,8-11H2,1-3H3,(H,20,21). The van der Waals surface area contributed by atoms with Crippen molar-refractivity contribution < 1.29 is 17.6 Å². The third-order valence-electron chi connectivity index (χ3n) is 4.58. The number of piperazine rings is 1. The molecule has 0 radical (unpaired) electrons. The number of sulfonamides is 1. The van der Waals surface area contributed by atoms with Crippen LogP contribution in [0, 0.1) is 5.82 Å². The average Bonchev–Trinajstić information content (AvgIpc) is 3.12. The van der Waals surface area contributed by atoms with E-state index in [0.29, 0.717) is 5.69 Å². The highest BCUT2D eigenvalue weighted by Gasteiger charge is 2.31. The van der Waals surface area contributed by atoms with Crippen molar-refractivity contribution in [1.82, 2.24) is 19.4 Å². The molecule has 0 spiro atoms. The lowest BCUT2D eigenvalue weighted by Gasteiger charge is -2.33. The summed E-state index contributed by atoms with van der Waals surface area (Å²) in [5.41, 5.74) is 1.05. The second-order valence-corrected chi connectivity index (χ2v) is 9.51. The van der Waals surface area contributed by atoms with E-state index in [0.717, 1.165) is 17.8 Å². The Balaban J connectivity index is 1.67. The number of halogens is 1. The van der Waals surface area contributed by atoms with Crippen LogP contribution >= 0.6 is 0 Å². The van der Waals surface area contributed by atoms with Crippen LogP contribution in [0.15, 0.2) is 35.2 Å². The van der Waals surface area contributed by atoms with Gasteiger partial charge in [-0.2, -0.15) is 9.40 Å². The van der Waals surface area contributed by atoms with E-state index in [1.165, 1.54) is 16.4 Å². The van der Waals surface area contributed by atoms with Gasteiger partial charge in [-0.1, -0.05) is 20.8 Å². The number of hydrogen-bond donors (Lipinski definition) is 1. The normalized spacial score (nSPS) is 16.5. The molecular formula is C18H23FN4O3S. The van der Waals surface area contributed by atoms with Crippen molar-refractivity contribution in [3.63, 3.8) is 0 Å². The molecule has 0 bridgehead atoms. The van der Waals surface area contributed by atoms with Crippen LogP contribution < -0.4 is 0 Å². The predicted octanol–water partition coefficient (Wildman–Crippen LogP) is 1.99. The summed E-state index contributed by atoms with van der Waals surface area (Å²) in [5.74, 6) is -0.710. The van der Waals surface area contributed by atoms with Gasteiger partial charge >= 0.3 is 0 Å². The zero-order valence-electron chi connectivity index (χ0n) is 15.6. The SMILES string of the molecule is CC(C)(C)c1cc(C(=O)N2CCN(S(=O)(=O)c3ccc(F)cc3)CC2)n[nH]1. The van der Waals surface area contributed by atoms with Crippen LogP contribution in [0.5, 0.6) is 0 Å². The fourth-order valence-corrected chi connectivity index (χ4v) is 4.29. The summed E-state index contributed by atoms with van der Waals surface area (Å²) in [4.78, 5) is 14.3. The molecule has 1 saturated heterocycles. The van der Waals surface area contributed by atoms with Crippen molar-refractivity contribution in [2.45, 2.75) is 31.1 Å². The van der Waals surface area contributed by atoms with Gasteiger partial charge in [-0.05, 0) is 30.3 Å². The number of rotatable bonds is 3. The highest BCUT2D eigenvalue weighted by Crippen LogP contribution is 2.22. The van der Waals surface area contributed by atoms with Crippen LogP contribution in [-0.2, 0) is 15.4 Å². The van der Waals surface area contributed by atoms with E-state index in [1.54, 1.807) is 11.0 Å². The maximum atomic E-state index is 13.0. The van der Waals surface area contributed by atoms with Crippen LogP contribution in [0.1, 0.15) is 37.0 Å². The van der Waals surface area contributed by atoms with Gasteiger partial charge in [0.05, 0.1) is 4.90 Å². The topological polar surface area (TPSA) is 86.4 Å². The molecule has 1 aliphatic heterocycles. The molecule has 1 aromatic carbocycles. The first kappa shape index (κ1) is 19.5. The Morgan fingerprint density at radius 3 is 2.22 bits per heavy atom. The number of aromatic nitrogens is 2. The van der Waals surface area contributed by atoms with E-state index in [2.05, 4.69) is 10.2 Å². The first-order valence-electron chi connectivity index (χ1n) is 8.70. The van der Waals surface area contributed by atoms with Crippen LogP contribution in [0.3, 0.4) is 0 Å². The van der Waals surface area contributed by atoms with Crippen molar-refractivity contribution in [2.24, 2.45) is 0 Å². The number of hydrogen-bond acceptors (Lipinski definition) is 4. The van der Waals surface area contributed by atoms with Gasteiger partial charge in [0.15, 0.2) is 0 Å². The highest BCUT2D eigenvalue weighted by molar-refractivity contribution is 7.89. The van der Waals surface area contributed by atoms with Gasteiger partial charge in [0.1, 0.15) is 11.5 Å². The lowest BCUT2D eigenvalue weighted by atomic mass is 9.92. The first-order chi connectivity index (χ1) is 12.6. The Hall–Kier alpha value is -2.26. The van der Waals surface area contributed by atoms with Gasteiger partial charge < -0.3 is 4.90 Å². The van der Waals surface area contributed by atoms with Crippen LogP contribution in [0.2, 0.25) is 0 Å².